The number of amides is 1. The number of anilines is 2. The average molecular weight is 496 g/mol. The normalized spacial score (nSPS) is 20.8. The zero-order valence-corrected chi connectivity index (χ0v) is 19.6. The molecule has 1 unspecified atom stereocenters. The fourth-order valence-corrected chi connectivity index (χ4v) is 5.02. The maximum Gasteiger partial charge on any atom is 0.259 e. The Balaban J connectivity index is 1.33. The molecular formula is C24H29ClF3N5O. The number of pyridine rings is 2. The van der Waals surface area contributed by atoms with Crippen molar-refractivity contribution in [2.75, 3.05) is 36.4 Å². The number of halogens is 4. The fourth-order valence-electron chi connectivity index (χ4n) is 4.85. The maximum atomic E-state index is 14.0. The van der Waals surface area contributed by atoms with Crippen LogP contribution in [0.25, 0.3) is 0 Å². The van der Waals surface area contributed by atoms with Crippen molar-refractivity contribution in [1.29, 1.82) is 0 Å². The summed E-state index contributed by atoms with van der Waals surface area (Å²) in [6.07, 6.45) is 6.59. The van der Waals surface area contributed by atoms with E-state index in [4.69, 9.17) is 11.6 Å². The first-order chi connectivity index (χ1) is 16.3. The minimum absolute atomic E-state index is 0.0807. The Bertz CT molecular complexity index is 1000. The minimum Gasteiger partial charge on any atom is -0.371 e. The highest BCUT2D eigenvalue weighted by Crippen LogP contribution is 2.35. The molecule has 0 saturated carbocycles. The largest absolute Gasteiger partial charge is 0.371 e. The van der Waals surface area contributed by atoms with E-state index in [-0.39, 0.29) is 17.1 Å². The highest BCUT2D eigenvalue weighted by atomic mass is 35.5. The number of alkyl halides is 2. The first-order valence-corrected chi connectivity index (χ1v) is 12.1. The summed E-state index contributed by atoms with van der Waals surface area (Å²) < 4.78 is 42.0. The zero-order chi connectivity index (χ0) is 24.1. The van der Waals surface area contributed by atoms with E-state index in [9.17, 15) is 18.0 Å². The van der Waals surface area contributed by atoms with E-state index in [0.717, 1.165) is 25.7 Å². The van der Waals surface area contributed by atoms with E-state index in [1.165, 1.54) is 24.5 Å². The summed E-state index contributed by atoms with van der Waals surface area (Å²) in [4.78, 5) is 22.4. The second-order valence-electron chi connectivity index (χ2n) is 9.12. The Labute approximate surface area is 202 Å². The summed E-state index contributed by atoms with van der Waals surface area (Å²) in [6, 6.07) is 4.43. The maximum absolute atomic E-state index is 14.0. The van der Waals surface area contributed by atoms with Crippen LogP contribution in [-0.4, -0.2) is 48.0 Å². The third-order valence-corrected chi connectivity index (χ3v) is 7.03. The molecule has 2 aromatic heterocycles. The van der Waals surface area contributed by atoms with Gasteiger partial charge in [-0.1, -0.05) is 24.4 Å². The number of piperidine rings is 2. The number of aromatic nitrogens is 2. The molecule has 0 aromatic carbocycles. The van der Waals surface area contributed by atoms with Gasteiger partial charge in [-0.3, -0.25) is 4.79 Å². The molecule has 184 valence electrons. The molecule has 6 nitrogen and oxygen atoms in total. The monoisotopic (exact) mass is 495 g/mol. The summed E-state index contributed by atoms with van der Waals surface area (Å²) in [5.41, 5.74) is 1.26. The van der Waals surface area contributed by atoms with Gasteiger partial charge in [0.2, 0.25) is 5.95 Å². The lowest BCUT2D eigenvalue weighted by Crippen LogP contribution is -2.44. The topological polar surface area (TPSA) is 70.2 Å². The van der Waals surface area contributed by atoms with Crippen LogP contribution in [0.2, 0.25) is 5.15 Å². The fraction of sp³-hybridized carbons (Fsp3) is 0.542. The number of nitrogens with zero attached hydrogens (tertiary/aromatic N) is 3. The lowest BCUT2D eigenvalue weighted by Gasteiger charge is -2.35. The molecule has 2 aliphatic rings. The third-order valence-electron chi connectivity index (χ3n) is 6.82. The lowest BCUT2D eigenvalue weighted by atomic mass is 9.86. The summed E-state index contributed by atoms with van der Waals surface area (Å²) in [5, 5.41) is 6.08. The van der Waals surface area contributed by atoms with Crippen molar-refractivity contribution in [3.63, 3.8) is 0 Å². The van der Waals surface area contributed by atoms with Crippen LogP contribution in [0.4, 0.5) is 24.5 Å². The van der Waals surface area contributed by atoms with Crippen LogP contribution in [0.1, 0.15) is 48.9 Å². The molecule has 1 atom stereocenters. The molecule has 0 radical (unpaired) electrons. The van der Waals surface area contributed by atoms with Crippen molar-refractivity contribution in [1.82, 2.24) is 15.3 Å². The standard InChI is InChI=1S/C24H29ClF3N5O/c25-21-12-18(4-8-30-21)32-23(34)19-15-31-22(26)13-20(19)33-10-5-16(6-11-33)2-1-3-17-14-29-9-7-24(17,27)28/h4,8,12-13,15-17,29H,1-3,5-7,9-11,14H2,(H,30,32,34). The Morgan fingerprint density at radius 1 is 1.24 bits per heavy atom. The van der Waals surface area contributed by atoms with E-state index in [0.29, 0.717) is 49.9 Å². The van der Waals surface area contributed by atoms with Gasteiger partial charge in [-0.05, 0) is 37.3 Å². The molecule has 10 heteroatoms. The van der Waals surface area contributed by atoms with Crippen molar-refractivity contribution in [2.45, 2.75) is 44.4 Å². The van der Waals surface area contributed by atoms with Crippen molar-refractivity contribution in [2.24, 2.45) is 11.8 Å². The van der Waals surface area contributed by atoms with Crippen molar-refractivity contribution in [3.05, 3.63) is 47.3 Å². The van der Waals surface area contributed by atoms with Crippen LogP contribution in [-0.2, 0) is 0 Å². The van der Waals surface area contributed by atoms with E-state index in [2.05, 4.69) is 20.6 Å². The smallest absolute Gasteiger partial charge is 0.259 e. The average Bonchev–Trinajstić information content (AvgIpc) is 2.80. The molecule has 2 fully saturated rings. The van der Waals surface area contributed by atoms with Gasteiger partial charge in [-0.15, -0.1) is 0 Å². The Kier molecular flexibility index (Phi) is 7.93. The second kappa shape index (κ2) is 10.9. The quantitative estimate of drug-likeness (QED) is 0.520. The van der Waals surface area contributed by atoms with Gasteiger partial charge < -0.3 is 15.5 Å². The molecular weight excluding hydrogens is 467 g/mol. The van der Waals surface area contributed by atoms with Crippen LogP contribution in [0.3, 0.4) is 0 Å². The van der Waals surface area contributed by atoms with Gasteiger partial charge in [0.15, 0.2) is 0 Å². The van der Waals surface area contributed by atoms with Crippen molar-refractivity contribution >= 4 is 28.9 Å². The second-order valence-corrected chi connectivity index (χ2v) is 9.51. The van der Waals surface area contributed by atoms with Crippen molar-refractivity contribution in [3.8, 4) is 0 Å². The van der Waals surface area contributed by atoms with Gasteiger partial charge in [-0.25, -0.2) is 18.7 Å². The van der Waals surface area contributed by atoms with E-state index >= 15 is 0 Å². The first-order valence-electron chi connectivity index (χ1n) is 11.7. The number of rotatable bonds is 7. The summed E-state index contributed by atoms with van der Waals surface area (Å²) >= 11 is 5.88. The Morgan fingerprint density at radius 3 is 2.76 bits per heavy atom. The van der Waals surface area contributed by atoms with Gasteiger partial charge in [0.05, 0.1) is 11.3 Å². The summed E-state index contributed by atoms with van der Waals surface area (Å²) in [7, 11) is 0. The first kappa shape index (κ1) is 24.7. The van der Waals surface area contributed by atoms with Crippen LogP contribution in [0, 0.1) is 17.8 Å². The van der Waals surface area contributed by atoms with Gasteiger partial charge in [0, 0.05) is 62.7 Å². The number of carbonyl (C=O) groups is 1. The highest BCUT2D eigenvalue weighted by molar-refractivity contribution is 6.29. The summed E-state index contributed by atoms with van der Waals surface area (Å²) in [6.45, 7) is 2.09. The van der Waals surface area contributed by atoms with Crippen LogP contribution in [0.5, 0.6) is 0 Å². The molecule has 2 saturated heterocycles. The van der Waals surface area contributed by atoms with Gasteiger partial charge >= 0.3 is 0 Å². The van der Waals surface area contributed by atoms with Crippen LogP contribution in [0.15, 0.2) is 30.6 Å². The Morgan fingerprint density at radius 2 is 2.03 bits per heavy atom. The predicted molar refractivity (Wildman–Crippen MR) is 126 cm³/mol. The van der Waals surface area contributed by atoms with Gasteiger partial charge in [0.1, 0.15) is 5.15 Å². The van der Waals surface area contributed by atoms with E-state index < -0.39 is 23.7 Å². The van der Waals surface area contributed by atoms with Gasteiger partial charge in [0.25, 0.3) is 11.8 Å². The molecule has 2 aromatic rings. The molecule has 2 N–H and O–H groups in total. The predicted octanol–water partition coefficient (Wildman–Crippen LogP) is 5.15. The van der Waals surface area contributed by atoms with Gasteiger partial charge in [-0.2, -0.15) is 4.39 Å². The third kappa shape index (κ3) is 6.18. The zero-order valence-electron chi connectivity index (χ0n) is 18.9. The molecule has 4 heterocycles. The molecule has 2 aliphatic heterocycles. The van der Waals surface area contributed by atoms with E-state index in [1.807, 2.05) is 4.90 Å². The van der Waals surface area contributed by atoms with E-state index in [1.54, 1.807) is 6.07 Å². The summed E-state index contributed by atoms with van der Waals surface area (Å²) in [5.74, 6) is -3.78. The molecule has 34 heavy (non-hydrogen) atoms. The van der Waals surface area contributed by atoms with Crippen LogP contribution < -0.4 is 15.5 Å². The number of nitrogens with one attached hydrogen (secondary N) is 2. The minimum atomic E-state index is -2.57. The Hall–Kier alpha value is -2.39. The SMILES string of the molecule is O=C(Nc1ccnc(Cl)c1)c1cnc(F)cc1N1CCC(CCCC2CNCCC2(F)F)CC1. The highest BCUT2D eigenvalue weighted by Gasteiger charge is 2.40. The lowest BCUT2D eigenvalue weighted by molar-refractivity contribution is -0.0815. The number of carbonyl (C=O) groups excluding carboxylic acids is 1. The molecule has 0 aliphatic carbocycles. The number of hydrogen-bond acceptors (Lipinski definition) is 5. The number of hydrogen-bond donors (Lipinski definition) is 2. The van der Waals surface area contributed by atoms with Crippen LogP contribution >= 0.6 is 11.6 Å². The molecule has 4 rings (SSSR count). The molecule has 0 spiro atoms. The molecule has 0 bridgehead atoms. The molecule has 1 amide bonds. The van der Waals surface area contributed by atoms with Crippen molar-refractivity contribution < 1.29 is 18.0 Å².